The molecule has 0 spiro atoms. The molecule has 0 saturated carbocycles. The maximum absolute atomic E-state index is 12.8. The number of likely N-dealkylation sites (N-methyl/N-ethyl adjacent to an activating group) is 1. The molecule has 1 heterocycles. The summed E-state index contributed by atoms with van der Waals surface area (Å²) in [5.74, 6) is 0. The number of benzene rings is 1. The molecule has 0 amide bonds. The van der Waals surface area contributed by atoms with Crippen molar-refractivity contribution >= 4 is 10.0 Å². The Bertz CT molecular complexity index is 777. The lowest BCUT2D eigenvalue weighted by Gasteiger charge is -2.21. The summed E-state index contributed by atoms with van der Waals surface area (Å²) in [5.41, 5.74) is -0.264. The Morgan fingerprint density at radius 3 is 2.46 bits per heavy atom. The van der Waals surface area contributed by atoms with E-state index in [9.17, 15) is 21.6 Å². The van der Waals surface area contributed by atoms with E-state index in [-0.39, 0.29) is 18.0 Å². The largest absolute Gasteiger partial charge is 0.416 e. The minimum Gasteiger partial charge on any atom is -0.261 e. The van der Waals surface area contributed by atoms with Gasteiger partial charge in [-0.15, -0.1) is 0 Å². The minimum atomic E-state index is -4.59. The summed E-state index contributed by atoms with van der Waals surface area (Å²) in [4.78, 5) is 3.76. The molecule has 130 valence electrons. The molecule has 2 aromatic rings. The Hall–Kier alpha value is -1.93. The number of halogens is 3. The van der Waals surface area contributed by atoms with Crippen molar-refractivity contribution in [1.29, 1.82) is 0 Å². The first kappa shape index (κ1) is 18.4. The number of hydrogen-bond donors (Lipinski definition) is 0. The molecule has 0 saturated heterocycles. The molecule has 0 radical (unpaired) electrons. The van der Waals surface area contributed by atoms with E-state index in [0.29, 0.717) is 12.5 Å². The number of hydrogen-bond acceptors (Lipinski definition) is 3. The fourth-order valence-corrected chi connectivity index (χ4v) is 3.71. The van der Waals surface area contributed by atoms with Crippen molar-refractivity contribution < 1.29 is 21.6 Å². The van der Waals surface area contributed by atoms with Crippen LogP contribution < -0.4 is 0 Å². The number of rotatable bonds is 6. The summed E-state index contributed by atoms with van der Waals surface area (Å²) < 4.78 is 64.7. The molecule has 0 fully saturated rings. The van der Waals surface area contributed by atoms with Crippen LogP contribution >= 0.6 is 0 Å². The van der Waals surface area contributed by atoms with Gasteiger partial charge in [-0.25, -0.2) is 8.42 Å². The van der Waals surface area contributed by atoms with Crippen LogP contribution in [-0.4, -0.2) is 30.8 Å². The van der Waals surface area contributed by atoms with Crippen LogP contribution in [0.1, 0.15) is 18.2 Å². The summed E-state index contributed by atoms with van der Waals surface area (Å²) in [7, 11) is -4.00. The third-order valence-corrected chi connectivity index (χ3v) is 5.47. The normalized spacial score (nSPS) is 12.5. The van der Waals surface area contributed by atoms with Crippen molar-refractivity contribution in [3.05, 3.63) is 59.9 Å². The van der Waals surface area contributed by atoms with Crippen LogP contribution in [0.2, 0.25) is 0 Å². The molecular formula is C16H17F3N2O2S. The van der Waals surface area contributed by atoms with Crippen LogP contribution in [0.15, 0.2) is 53.6 Å². The topological polar surface area (TPSA) is 50.3 Å². The zero-order valence-electron chi connectivity index (χ0n) is 13.0. The van der Waals surface area contributed by atoms with E-state index in [4.69, 9.17) is 0 Å². The van der Waals surface area contributed by atoms with E-state index in [2.05, 4.69) is 4.98 Å². The molecule has 0 bridgehead atoms. The van der Waals surface area contributed by atoms with Gasteiger partial charge in [0.25, 0.3) is 0 Å². The SMILES string of the molecule is CCN(CCc1ccccn1)S(=O)(=O)c1cccc(C(F)(F)F)c1. The first-order chi connectivity index (χ1) is 11.2. The molecule has 4 nitrogen and oxygen atoms in total. The zero-order chi connectivity index (χ0) is 17.8. The van der Waals surface area contributed by atoms with Crippen molar-refractivity contribution in [3.63, 3.8) is 0 Å². The molecule has 0 unspecified atom stereocenters. The first-order valence-corrected chi connectivity index (χ1v) is 8.76. The van der Waals surface area contributed by atoms with Crippen LogP contribution in [0.5, 0.6) is 0 Å². The van der Waals surface area contributed by atoms with Gasteiger partial charge in [0.05, 0.1) is 10.5 Å². The molecule has 1 aromatic heterocycles. The van der Waals surface area contributed by atoms with E-state index in [1.165, 1.54) is 6.07 Å². The molecule has 0 N–H and O–H groups in total. The van der Waals surface area contributed by atoms with E-state index >= 15 is 0 Å². The lowest BCUT2D eigenvalue weighted by Crippen LogP contribution is -2.33. The van der Waals surface area contributed by atoms with Crippen molar-refractivity contribution in [2.24, 2.45) is 0 Å². The summed E-state index contributed by atoms with van der Waals surface area (Å²) >= 11 is 0. The van der Waals surface area contributed by atoms with Crippen molar-refractivity contribution in [2.75, 3.05) is 13.1 Å². The summed E-state index contributed by atoms with van der Waals surface area (Å²) in [6.45, 7) is 1.95. The van der Waals surface area contributed by atoms with Crippen LogP contribution in [-0.2, 0) is 22.6 Å². The third-order valence-electron chi connectivity index (χ3n) is 3.50. The quantitative estimate of drug-likeness (QED) is 0.796. The fraction of sp³-hybridized carbons (Fsp3) is 0.312. The van der Waals surface area contributed by atoms with Gasteiger partial charge < -0.3 is 0 Å². The predicted molar refractivity (Wildman–Crippen MR) is 83.8 cm³/mol. The molecule has 0 aliphatic heterocycles. The smallest absolute Gasteiger partial charge is 0.261 e. The second-order valence-electron chi connectivity index (χ2n) is 5.09. The molecule has 8 heteroatoms. The average molecular weight is 358 g/mol. The molecule has 0 atom stereocenters. The highest BCUT2D eigenvalue weighted by atomic mass is 32.2. The molecule has 0 aliphatic carbocycles. The molecule has 1 aromatic carbocycles. The standard InChI is InChI=1S/C16H17F3N2O2S/c1-2-21(11-9-14-7-3-4-10-20-14)24(22,23)15-8-5-6-13(12-15)16(17,18)19/h3-8,10,12H,2,9,11H2,1H3. The van der Waals surface area contributed by atoms with E-state index < -0.39 is 21.8 Å². The van der Waals surface area contributed by atoms with Gasteiger partial charge in [0, 0.05) is 31.4 Å². The second kappa shape index (κ2) is 7.31. The lowest BCUT2D eigenvalue weighted by atomic mass is 10.2. The van der Waals surface area contributed by atoms with Gasteiger partial charge in [0.2, 0.25) is 10.0 Å². The monoisotopic (exact) mass is 358 g/mol. The summed E-state index contributed by atoms with van der Waals surface area (Å²) in [5, 5.41) is 0. The minimum absolute atomic E-state index is 0.145. The molecule has 2 rings (SSSR count). The van der Waals surface area contributed by atoms with Gasteiger partial charge in [-0.2, -0.15) is 17.5 Å². The highest BCUT2D eigenvalue weighted by molar-refractivity contribution is 7.89. The van der Waals surface area contributed by atoms with Gasteiger partial charge in [0.15, 0.2) is 0 Å². The maximum atomic E-state index is 12.8. The van der Waals surface area contributed by atoms with Crippen molar-refractivity contribution in [1.82, 2.24) is 9.29 Å². The molecule has 0 aliphatic rings. The van der Waals surface area contributed by atoms with Gasteiger partial charge in [0.1, 0.15) is 0 Å². The average Bonchev–Trinajstić information content (AvgIpc) is 2.55. The second-order valence-corrected chi connectivity index (χ2v) is 7.03. The van der Waals surface area contributed by atoms with Gasteiger partial charge >= 0.3 is 6.18 Å². The van der Waals surface area contributed by atoms with E-state index in [0.717, 1.165) is 22.1 Å². The molecular weight excluding hydrogens is 341 g/mol. The Labute approximate surface area is 139 Å². The highest BCUT2D eigenvalue weighted by Gasteiger charge is 2.32. The third kappa shape index (κ3) is 4.33. The van der Waals surface area contributed by atoms with Crippen LogP contribution in [0.4, 0.5) is 13.2 Å². The Kier molecular flexibility index (Phi) is 5.61. The molecule has 24 heavy (non-hydrogen) atoms. The van der Waals surface area contributed by atoms with E-state index in [1.54, 1.807) is 31.3 Å². The number of aromatic nitrogens is 1. The highest BCUT2D eigenvalue weighted by Crippen LogP contribution is 2.31. The summed E-state index contributed by atoms with van der Waals surface area (Å²) in [6, 6.07) is 9.10. The van der Waals surface area contributed by atoms with Gasteiger partial charge in [-0.1, -0.05) is 19.1 Å². The number of alkyl halides is 3. The van der Waals surface area contributed by atoms with Crippen LogP contribution in [0.25, 0.3) is 0 Å². The van der Waals surface area contributed by atoms with Crippen molar-refractivity contribution in [3.8, 4) is 0 Å². The Morgan fingerprint density at radius 1 is 1.12 bits per heavy atom. The van der Waals surface area contributed by atoms with Gasteiger partial charge in [-0.05, 0) is 30.3 Å². The number of pyridine rings is 1. The predicted octanol–water partition coefficient (Wildman–Crippen LogP) is 3.35. The lowest BCUT2D eigenvalue weighted by molar-refractivity contribution is -0.137. The van der Waals surface area contributed by atoms with Gasteiger partial charge in [-0.3, -0.25) is 4.98 Å². The first-order valence-electron chi connectivity index (χ1n) is 7.32. The van der Waals surface area contributed by atoms with Crippen LogP contribution in [0.3, 0.4) is 0 Å². The number of nitrogens with zero attached hydrogens (tertiary/aromatic N) is 2. The zero-order valence-corrected chi connectivity index (χ0v) is 13.8. The summed E-state index contributed by atoms with van der Waals surface area (Å²) in [6.07, 6.45) is -2.60. The fourth-order valence-electron chi connectivity index (χ4n) is 2.22. The van der Waals surface area contributed by atoms with E-state index in [1.807, 2.05) is 0 Å². The Balaban J connectivity index is 2.23. The van der Waals surface area contributed by atoms with Crippen molar-refractivity contribution in [2.45, 2.75) is 24.4 Å². The number of sulfonamides is 1. The maximum Gasteiger partial charge on any atom is 0.416 e. The van der Waals surface area contributed by atoms with Crippen LogP contribution in [0, 0.1) is 0 Å². The Morgan fingerprint density at radius 2 is 1.88 bits per heavy atom.